The summed E-state index contributed by atoms with van der Waals surface area (Å²) in [5.41, 5.74) is 4.29. The van der Waals surface area contributed by atoms with Crippen molar-refractivity contribution in [2.24, 2.45) is 0 Å². The van der Waals surface area contributed by atoms with Gasteiger partial charge in [0, 0.05) is 44.1 Å². The van der Waals surface area contributed by atoms with Crippen molar-refractivity contribution in [1.29, 1.82) is 0 Å². The van der Waals surface area contributed by atoms with Crippen molar-refractivity contribution in [3.63, 3.8) is 0 Å². The number of rotatable bonds is 4. The van der Waals surface area contributed by atoms with E-state index in [1.165, 1.54) is 24.1 Å². The molecule has 1 saturated carbocycles. The highest BCUT2D eigenvalue weighted by Crippen LogP contribution is 2.22. The molecule has 1 N–H and O–H groups in total. The fraction of sp³-hybridized carbons (Fsp3) is 0.455. The molecule has 2 aromatic rings. The van der Waals surface area contributed by atoms with Crippen LogP contribution in [-0.2, 0) is 0 Å². The number of carbonyl (C=O) groups is 1. The molecule has 2 heterocycles. The predicted octanol–water partition coefficient (Wildman–Crippen LogP) is 3.39. The minimum absolute atomic E-state index is 0.00893. The first kappa shape index (κ1) is 17.8. The van der Waals surface area contributed by atoms with Crippen molar-refractivity contribution in [2.45, 2.75) is 38.6 Å². The van der Waals surface area contributed by atoms with Gasteiger partial charge in [0.25, 0.3) is 5.91 Å². The lowest BCUT2D eigenvalue weighted by atomic mass is 10.1. The minimum Gasteiger partial charge on any atom is -0.368 e. The standard InChI is InChI=1S/C22H28N4O/c1-17-5-4-8-20(13-17)25-9-11-26(12-10-25)21-14-18(15-23-16-21)22(27)24-19-6-2-3-7-19/h4-5,8,13-16,19H,2-3,6-7,9-12H2,1H3,(H,24,27). The lowest BCUT2D eigenvalue weighted by molar-refractivity contribution is 0.0937. The Morgan fingerprint density at radius 2 is 1.70 bits per heavy atom. The number of carbonyl (C=O) groups excluding carboxylic acids is 1. The number of anilines is 2. The summed E-state index contributed by atoms with van der Waals surface area (Å²) < 4.78 is 0. The molecule has 0 atom stereocenters. The number of amides is 1. The largest absolute Gasteiger partial charge is 0.368 e. The van der Waals surface area contributed by atoms with Gasteiger partial charge in [0.2, 0.25) is 0 Å². The van der Waals surface area contributed by atoms with Crippen molar-refractivity contribution in [3.8, 4) is 0 Å². The monoisotopic (exact) mass is 364 g/mol. The van der Waals surface area contributed by atoms with Gasteiger partial charge < -0.3 is 15.1 Å². The molecule has 1 aliphatic carbocycles. The molecule has 1 aromatic carbocycles. The predicted molar refractivity (Wildman–Crippen MR) is 110 cm³/mol. The lowest BCUT2D eigenvalue weighted by Crippen LogP contribution is -2.46. The molecule has 27 heavy (non-hydrogen) atoms. The van der Waals surface area contributed by atoms with E-state index in [9.17, 15) is 4.79 Å². The Labute approximate surface area is 161 Å². The number of hydrogen-bond donors (Lipinski definition) is 1. The SMILES string of the molecule is Cc1cccc(N2CCN(c3cncc(C(=O)NC4CCCC4)c3)CC2)c1. The molecular formula is C22H28N4O. The second kappa shape index (κ2) is 7.99. The van der Waals surface area contributed by atoms with Crippen molar-refractivity contribution in [1.82, 2.24) is 10.3 Å². The molecule has 142 valence electrons. The first-order valence-corrected chi connectivity index (χ1v) is 10.0. The zero-order valence-electron chi connectivity index (χ0n) is 16.0. The second-order valence-electron chi connectivity index (χ2n) is 7.70. The summed E-state index contributed by atoms with van der Waals surface area (Å²) in [5.74, 6) is 0.00893. The molecule has 5 heteroatoms. The fourth-order valence-electron chi connectivity index (χ4n) is 4.11. The van der Waals surface area contributed by atoms with Crippen LogP contribution in [0.2, 0.25) is 0 Å². The summed E-state index contributed by atoms with van der Waals surface area (Å²) in [7, 11) is 0. The topological polar surface area (TPSA) is 48.5 Å². The molecular weight excluding hydrogens is 336 g/mol. The van der Waals surface area contributed by atoms with Crippen molar-refractivity contribution in [2.75, 3.05) is 36.0 Å². The average molecular weight is 364 g/mol. The van der Waals surface area contributed by atoms with E-state index in [-0.39, 0.29) is 5.91 Å². The Morgan fingerprint density at radius 1 is 1.00 bits per heavy atom. The van der Waals surface area contributed by atoms with Crippen LogP contribution in [0.4, 0.5) is 11.4 Å². The van der Waals surface area contributed by atoms with E-state index in [4.69, 9.17) is 0 Å². The van der Waals surface area contributed by atoms with Crippen LogP contribution in [0.15, 0.2) is 42.7 Å². The molecule has 0 spiro atoms. The Bertz CT molecular complexity index is 792. The molecule has 1 aliphatic heterocycles. The molecule has 2 fully saturated rings. The maximum atomic E-state index is 12.5. The van der Waals surface area contributed by atoms with Crippen molar-refractivity contribution >= 4 is 17.3 Å². The van der Waals surface area contributed by atoms with E-state index in [2.05, 4.69) is 51.3 Å². The molecule has 0 unspecified atom stereocenters. The lowest BCUT2D eigenvalue weighted by Gasteiger charge is -2.37. The highest BCUT2D eigenvalue weighted by molar-refractivity contribution is 5.95. The number of pyridine rings is 1. The summed E-state index contributed by atoms with van der Waals surface area (Å²) in [6.45, 7) is 5.95. The van der Waals surface area contributed by atoms with Crippen molar-refractivity contribution in [3.05, 3.63) is 53.9 Å². The summed E-state index contributed by atoms with van der Waals surface area (Å²) in [5, 5.41) is 3.15. The molecule has 1 aromatic heterocycles. The number of aromatic nitrogens is 1. The van der Waals surface area contributed by atoms with Crippen LogP contribution >= 0.6 is 0 Å². The fourth-order valence-corrected chi connectivity index (χ4v) is 4.11. The summed E-state index contributed by atoms with van der Waals surface area (Å²) in [6.07, 6.45) is 8.17. The highest BCUT2D eigenvalue weighted by atomic mass is 16.1. The van der Waals surface area contributed by atoms with Gasteiger partial charge in [0.1, 0.15) is 0 Å². The van der Waals surface area contributed by atoms with Crippen LogP contribution in [0.3, 0.4) is 0 Å². The molecule has 5 nitrogen and oxygen atoms in total. The number of nitrogens with zero attached hydrogens (tertiary/aromatic N) is 3. The Hall–Kier alpha value is -2.56. The van der Waals surface area contributed by atoms with Gasteiger partial charge in [-0.25, -0.2) is 0 Å². The van der Waals surface area contributed by atoms with Gasteiger partial charge in [-0.2, -0.15) is 0 Å². The van der Waals surface area contributed by atoms with Crippen LogP contribution in [0.1, 0.15) is 41.6 Å². The van der Waals surface area contributed by atoms with E-state index in [1.807, 2.05) is 12.3 Å². The molecule has 4 rings (SSSR count). The number of nitrogens with one attached hydrogen (secondary N) is 1. The molecule has 1 saturated heterocycles. The summed E-state index contributed by atoms with van der Waals surface area (Å²) in [6, 6.07) is 11.0. The first-order chi connectivity index (χ1) is 13.2. The molecule has 2 aliphatic rings. The third-order valence-corrected chi connectivity index (χ3v) is 5.69. The van der Waals surface area contributed by atoms with E-state index >= 15 is 0 Å². The van der Waals surface area contributed by atoms with Crippen molar-refractivity contribution < 1.29 is 4.79 Å². The first-order valence-electron chi connectivity index (χ1n) is 10.0. The second-order valence-corrected chi connectivity index (χ2v) is 7.70. The van der Waals surface area contributed by atoms with Crippen LogP contribution in [0.5, 0.6) is 0 Å². The maximum absolute atomic E-state index is 12.5. The molecule has 1 amide bonds. The van der Waals surface area contributed by atoms with Crippen LogP contribution in [-0.4, -0.2) is 43.1 Å². The maximum Gasteiger partial charge on any atom is 0.253 e. The van der Waals surface area contributed by atoms with E-state index in [0.717, 1.165) is 44.7 Å². The van der Waals surface area contributed by atoms with Gasteiger partial charge in [-0.15, -0.1) is 0 Å². The van der Waals surface area contributed by atoms with Gasteiger partial charge in [0.15, 0.2) is 0 Å². The zero-order chi connectivity index (χ0) is 18.6. The average Bonchev–Trinajstić information content (AvgIpc) is 3.21. The summed E-state index contributed by atoms with van der Waals surface area (Å²) >= 11 is 0. The zero-order valence-corrected chi connectivity index (χ0v) is 16.0. The third kappa shape index (κ3) is 4.24. The Kier molecular flexibility index (Phi) is 5.28. The molecule has 0 radical (unpaired) electrons. The normalized spacial score (nSPS) is 18.0. The third-order valence-electron chi connectivity index (χ3n) is 5.69. The number of hydrogen-bond acceptors (Lipinski definition) is 4. The number of piperazine rings is 1. The van der Waals surface area contributed by atoms with Crippen LogP contribution in [0, 0.1) is 6.92 Å². The minimum atomic E-state index is 0.00893. The quantitative estimate of drug-likeness (QED) is 0.903. The van der Waals surface area contributed by atoms with E-state index < -0.39 is 0 Å². The Balaban J connectivity index is 1.39. The van der Waals surface area contributed by atoms with Gasteiger partial charge >= 0.3 is 0 Å². The smallest absolute Gasteiger partial charge is 0.253 e. The van der Waals surface area contributed by atoms with Crippen LogP contribution < -0.4 is 15.1 Å². The Morgan fingerprint density at radius 3 is 2.41 bits per heavy atom. The van der Waals surface area contributed by atoms with E-state index in [1.54, 1.807) is 6.20 Å². The summed E-state index contributed by atoms with van der Waals surface area (Å²) in [4.78, 5) is 21.6. The van der Waals surface area contributed by atoms with Crippen LogP contribution in [0.25, 0.3) is 0 Å². The van der Waals surface area contributed by atoms with Gasteiger partial charge in [0.05, 0.1) is 17.4 Å². The van der Waals surface area contributed by atoms with Gasteiger partial charge in [-0.3, -0.25) is 9.78 Å². The number of benzene rings is 1. The number of aryl methyl sites for hydroxylation is 1. The van der Waals surface area contributed by atoms with Gasteiger partial charge in [-0.1, -0.05) is 25.0 Å². The highest BCUT2D eigenvalue weighted by Gasteiger charge is 2.21. The van der Waals surface area contributed by atoms with E-state index in [0.29, 0.717) is 11.6 Å². The molecule has 0 bridgehead atoms. The van der Waals surface area contributed by atoms with Gasteiger partial charge in [-0.05, 0) is 43.5 Å².